The number of hydrogen-bond donors (Lipinski definition) is 1. The van der Waals surface area contributed by atoms with Crippen LogP contribution in [0.25, 0.3) is 5.69 Å². The van der Waals surface area contributed by atoms with Crippen LogP contribution in [0.5, 0.6) is 0 Å². The van der Waals surface area contributed by atoms with Crippen LogP contribution >= 0.6 is 23.5 Å². The zero-order valence-electron chi connectivity index (χ0n) is 14.8. The molecule has 2 aliphatic rings. The SMILES string of the molecule is O=C(CSc1nc2c(c(=O)n1-c1ccccc1)SCC2)NC[C@H]1CCCO1. The molecule has 1 N–H and O–H groups in total. The minimum Gasteiger partial charge on any atom is -0.376 e. The number of rotatable bonds is 6. The van der Waals surface area contributed by atoms with Crippen molar-refractivity contribution >= 4 is 29.4 Å². The fourth-order valence-corrected chi connectivity index (χ4v) is 5.09. The van der Waals surface area contributed by atoms with Crippen molar-refractivity contribution in [2.45, 2.75) is 35.4 Å². The largest absolute Gasteiger partial charge is 0.376 e. The van der Waals surface area contributed by atoms with Gasteiger partial charge in [-0.3, -0.25) is 14.2 Å². The van der Waals surface area contributed by atoms with Gasteiger partial charge in [0.1, 0.15) is 0 Å². The molecule has 1 aromatic heterocycles. The van der Waals surface area contributed by atoms with Crippen LogP contribution in [0.15, 0.2) is 45.2 Å². The molecule has 0 saturated carbocycles. The lowest BCUT2D eigenvalue weighted by molar-refractivity contribution is -0.119. The van der Waals surface area contributed by atoms with Crippen molar-refractivity contribution in [3.8, 4) is 5.69 Å². The second kappa shape index (κ2) is 8.50. The van der Waals surface area contributed by atoms with E-state index in [1.807, 2.05) is 30.3 Å². The first kappa shape index (κ1) is 18.6. The van der Waals surface area contributed by atoms with Crippen molar-refractivity contribution in [2.75, 3.05) is 24.7 Å². The topological polar surface area (TPSA) is 73.2 Å². The van der Waals surface area contributed by atoms with Crippen molar-refractivity contribution < 1.29 is 9.53 Å². The molecule has 0 unspecified atom stereocenters. The lowest BCUT2D eigenvalue weighted by atomic mass is 10.2. The van der Waals surface area contributed by atoms with Crippen molar-refractivity contribution in [3.63, 3.8) is 0 Å². The van der Waals surface area contributed by atoms with E-state index in [4.69, 9.17) is 9.72 Å². The number of ether oxygens (including phenoxy) is 1. The molecule has 8 heteroatoms. The second-order valence-corrected chi connectivity index (χ2v) is 8.52. The Labute approximate surface area is 166 Å². The molecule has 0 bridgehead atoms. The van der Waals surface area contributed by atoms with Gasteiger partial charge in [0.2, 0.25) is 5.91 Å². The van der Waals surface area contributed by atoms with E-state index in [0.717, 1.165) is 47.9 Å². The van der Waals surface area contributed by atoms with Gasteiger partial charge < -0.3 is 10.1 Å². The minimum atomic E-state index is -0.0702. The molecule has 1 atom stereocenters. The standard InChI is InChI=1S/C19H21N3O3S2/c23-16(20-11-14-7-4-9-25-14)12-27-19-21-15-8-10-26-17(15)18(24)22(19)13-5-2-1-3-6-13/h1-3,5-6,14H,4,7-12H2,(H,20,23)/t14-/m1/s1. The summed E-state index contributed by atoms with van der Waals surface area (Å²) in [5.74, 6) is 1.03. The van der Waals surface area contributed by atoms with E-state index < -0.39 is 0 Å². The lowest BCUT2D eigenvalue weighted by Crippen LogP contribution is -2.33. The number of thioether (sulfide) groups is 2. The molecule has 4 rings (SSSR count). The van der Waals surface area contributed by atoms with E-state index >= 15 is 0 Å². The van der Waals surface area contributed by atoms with Gasteiger partial charge >= 0.3 is 0 Å². The molecule has 1 aromatic carbocycles. The van der Waals surface area contributed by atoms with Gasteiger partial charge in [-0.1, -0.05) is 30.0 Å². The first-order valence-electron chi connectivity index (χ1n) is 9.07. The number of aryl methyl sites for hydroxylation is 1. The van der Waals surface area contributed by atoms with Crippen LogP contribution in [0.1, 0.15) is 18.5 Å². The van der Waals surface area contributed by atoms with Crippen LogP contribution in [0.3, 0.4) is 0 Å². The summed E-state index contributed by atoms with van der Waals surface area (Å²) >= 11 is 2.86. The Morgan fingerprint density at radius 3 is 3.00 bits per heavy atom. The van der Waals surface area contributed by atoms with Crippen LogP contribution in [0, 0.1) is 0 Å². The molecule has 6 nitrogen and oxygen atoms in total. The van der Waals surface area contributed by atoms with Crippen molar-refractivity contribution in [3.05, 3.63) is 46.4 Å². The normalized spacial score (nSPS) is 18.4. The molecule has 2 aliphatic heterocycles. The zero-order valence-corrected chi connectivity index (χ0v) is 16.5. The quantitative estimate of drug-likeness (QED) is 0.589. The fraction of sp³-hybridized carbons (Fsp3) is 0.421. The Kier molecular flexibility index (Phi) is 5.85. The summed E-state index contributed by atoms with van der Waals surface area (Å²) < 4.78 is 7.15. The fourth-order valence-electron chi connectivity index (χ4n) is 3.21. The molecular weight excluding hydrogens is 382 g/mol. The molecule has 142 valence electrons. The van der Waals surface area contributed by atoms with E-state index in [9.17, 15) is 9.59 Å². The predicted molar refractivity (Wildman–Crippen MR) is 107 cm³/mol. The third-order valence-corrected chi connectivity index (χ3v) is 6.61. The Hall–Kier alpha value is -1.77. The van der Waals surface area contributed by atoms with Crippen LogP contribution in [0.4, 0.5) is 0 Å². The average Bonchev–Trinajstić information content (AvgIpc) is 3.37. The molecule has 3 heterocycles. The third-order valence-electron chi connectivity index (χ3n) is 4.56. The molecule has 0 spiro atoms. The van der Waals surface area contributed by atoms with E-state index in [2.05, 4.69) is 5.32 Å². The van der Waals surface area contributed by atoms with E-state index in [1.54, 1.807) is 16.3 Å². The summed E-state index contributed by atoms with van der Waals surface area (Å²) in [5, 5.41) is 3.49. The minimum absolute atomic E-state index is 0.0454. The predicted octanol–water partition coefficient (Wildman–Crippen LogP) is 2.27. The Morgan fingerprint density at radius 1 is 1.37 bits per heavy atom. The maximum atomic E-state index is 13.0. The Morgan fingerprint density at radius 2 is 2.22 bits per heavy atom. The number of para-hydroxylation sites is 1. The number of hydrogen-bond acceptors (Lipinski definition) is 6. The number of amides is 1. The summed E-state index contributed by atoms with van der Waals surface area (Å²) in [6.07, 6.45) is 2.96. The van der Waals surface area contributed by atoms with Crippen molar-refractivity contribution in [1.82, 2.24) is 14.9 Å². The van der Waals surface area contributed by atoms with Gasteiger partial charge in [-0.2, -0.15) is 0 Å². The molecule has 0 aliphatic carbocycles. The summed E-state index contributed by atoms with van der Waals surface area (Å²) in [5.41, 5.74) is 1.57. The Bertz CT molecular complexity index is 880. The van der Waals surface area contributed by atoms with Crippen LogP contribution in [-0.2, 0) is 16.0 Å². The maximum Gasteiger partial charge on any atom is 0.272 e. The highest BCUT2D eigenvalue weighted by molar-refractivity contribution is 8.00. The number of nitrogens with one attached hydrogen (secondary N) is 1. The van der Waals surface area contributed by atoms with E-state index in [0.29, 0.717) is 11.7 Å². The number of carbonyl (C=O) groups excluding carboxylic acids is 1. The van der Waals surface area contributed by atoms with Crippen LogP contribution < -0.4 is 10.9 Å². The van der Waals surface area contributed by atoms with Crippen LogP contribution in [-0.4, -0.2) is 46.2 Å². The lowest BCUT2D eigenvalue weighted by Gasteiger charge is -2.14. The summed E-state index contributed by atoms with van der Waals surface area (Å²) in [6, 6.07) is 9.47. The summed E-state index contributed by atoms with van der Waals surface area (Å²) in [4.78, 5) is 30.7. The molecular formula is C19H21N3O3S2. The van der Waals surface area contributed by atoms with Gasteiger partial charge in [0.15, 0.2) is 5.16 Å². The number of benzene rings is 1. The second-order valence-electron chi connectivity index (χ2n) is 6.47. The average molecular weight is 404 g/mol. The maximum absolute atomic E-state index is 13.0. The number of nitrogens with zero attached hydrogens (tertiary/aromatic N) is 2. The number of aromatic nitrogens is 2. The third kappa shape index (κ3) is 4.23. The smallest absolute Gasteiger partial charge is 0.272 e. The zero-order chi connectivity index (χ0) is 18.6. The highest BCUT2D eigenvalue weighted by Crippen LogP contribution is 2.29. The van der Waals surface area contributed by atoms with Crippen molar-refractivity contribution in [2.24, 2.45) is 0 Å². The van der Waals surface area contributed by atoms with E-state index in [-0.39, 0.29) is 23.3 Å². The van der Waals surface area contributed by atoms with E-state index in [1.165, 1.54) is 11.8 Å². The van der Waals surface area contributed by atoms with Gasteiger partial charge in [0.05, 0.1) is 28.1 Å². The van der Waals surface area contributed by atoms with Crippen molar-refractivity contribution in [1.29, 1.82) is 0 Å². The van der Waals surface area contributed by atoms with Gasteiger partial charge in [-0.05, 0) is 25.0 Å². The highest BCUT2D eigenvalue weighted by atomic mass is 32.2. The molecule has 0 radical (unpaired) electrons. The van der Waals surface area contributed by atoms with Gasteiger partial charge in [-0.15, -0.1) is 11.8 Å². The first-order chi connectivity index (χ1) is 13.2. The van der Waals surface area contributed by atoms with Gasteiger partial charge in [0, 0.05) is 25.3 Å². The Balaban J connectivity index is 1.52. The van der Waals surface area contributed by atoms with Gasteiger partial charge in [-0.25, -0.2) is 4.98 Å². The van der Waals surface area contributed by atoms with Crippen LogP contribution in [0.2, 0.25) is 0 Å². The molecule has 2 aromatic rings. The molecule has 1 saturated heterocycles. The summed E-state index contributed by atoms with van der Waals surface area (Å²) in [7, 11) is 0. The first-order valence-corrected chi connectivity index (χ1v) is 11.0. The molecule has 1 amide bonds. The summed E-state index contributed by atoms with van der Waals surface area (Å²) in [6.45, 7) is 1.31. The number of fused-ring (bicyclic) bond motifs is 1. The van der Waals surface area contributed by atoms with Gasteiger partial charge in [0.25, 0.3) is 5.56 Å². The highest BCUT2D eigenvalue weighted by Gasteiger charge is 2.23. The number of carbonyl (C=O) groups is 1. The molecule has 1 fully saturated rings. The molecule has 27 heavy (non-hydrogen) atoms. The monoisotopic (exact) mass is 403 g/mol.